The number of nitrogens with one attached hydrogen (secondary N) is 1. The lowest BCUT2D eigenvalue weighted by Crippen LogP contribution is -2.65. The van der Waals surface area contributed by atoms with E-state index in [0.717, 1.165) is 89.9 Å². The maximum atomic E-state index is 13.3. The van der Waals surface area contributed by atoms with Crippen molar-refractivity contribution in [3.63, 3.8) is 0 Å². The van der Waals surface area contributed by atoms with Gasteiger partial charge in [0, 0.05) is 6.42 Å². The van der Waals surface area contributed by atoms with Crippen molar-refractivity contribution < 1.29 is 64.6 Å². The van der Waals surface area contributed by atoms with Crippen molar-refractivity contribution >= 4 is 5.91 Å². The van der Waals surface area contributed by atoms with Crippen LogP contribution >= 0.6 is 0 Å². The van der Waals surface area contributed by atoms with Crippen LogP contribution in [0.4, 0.5) is 0 Å². The van der Waals surface area contributed by atoms with Crippen molar-refractivity contribution in [2.45, 2.75) is 299 Å². The molecule has 0 aliphatic carbocycles. The second kappa shape index (κ2) is 51.3. The monoisotopic (exact) mass is 1140 g/mol. The van der Waals surface area contributed by atoms with E-state index < -0.39 is 86.8 Å². The molecule has 9 N–H and O–H groups in total. The van der Waals surface area contributed by atoms with Crippen molar-refractivity contribution in [2.24, 2.45) is 0 Å². The van der Waals surface area contributed by atoms with E-state index in [2.05, 4.69) is 104 Å². The highest BCUT2D eigenvalue weighted by Crippen LogP contribution is 2.30. The topological polar surface area (TPSA) is 228 Å². The van der Waals surface area contributed by atoms with Crippen LogP contribution in [-0.4, -0.2) is 140 Å². The maximum Gasteiger partial charge on any atom is 0.220 e. The fourth-order valence-corrected chi connectivity index (χ4v) is 9.92. The Bertz CT molecular complexity index is 1730. The molecule has 466 valence electrons. The molecule has 0 aromatic heterocycles. The van der Waals surface area contributed by atoms with Gasteiger partial charge in [0.15, 0.2) is 12.6 Å². The summed E-state index contributed by atoms with van der Waals surface area (Å²) in [5.74, 6) is -0.247. The number of carbonyl (C=O) groups is 1. The summed E-state index contributed by atoms with van der Waals surface area (Å²) in [4.78, 5) is 13.3. The highest BCUT2D eigenvalue weighted by Gasteiger charge is 2.51. The summed E-state index contributed by atoms with van der Waals surface area (Å²) in [5, 5.41) is 87.1. The predicted molar refractivity (Wildman–Crippen MR) is 327 cm³/mol. The molecule has 0 aromatic carbocycles. The van der Waals surface area contributed by atoms with Crippen molar-refractivity contribution in [1.29, 1.82) is 0 Å². The average molecular weight is 1140 g/mol. The van der Waals surface area contributed by atoms with E-state index in [-0.39, 0.29) is 18.9 Å². The average Bonchev–Trinajstić information content (AvgIpc) is 3.47. The van der Waals surface area contributed by atoms with Crippen molar-refractivity contribution in [3.8, 4) is 0 Å². The Balaban J connectivity index is 1.67. The van der Waals surface area contributed by atoms with Crippen LogP contribution in [0.2, 0.25) is 0 Å². The minimum Gasteiger partial charge on any atom is -0.394 e. The minimum absolute atomic E-state index is 0.247. The van der Waals surface area contributed by atoms with Crippen LogP contribution in [0.3, 0.4) is 0 Å². The Hall–Kier alpha value is -3.09. The quantitative estimate of drug-likeness (QED) is 0.0204. The molecule has 2 fully saturated rings. The molecule has 0 bridgehead atoms. The van der Waals surface area contributed by atoms with E-state index in [4.69, 9.17) is 18.9 Å². The van der Waals surface area contributed by atoms with Gasteiger partial charge in [-0.05, 0) is 77.0 Å². The lowest BCUT2D eigenvalue weighted by atomic mass is 9.97. The smallest absolute Gasteiger partial charge is 0.220 e. The number of allylic oxidation sites excluding steroid dienone is 15. The van der Waals surface area contributed by atoms with Gasteiger partial charge in [-0.3, -0.25) is 4.79 Å². The number of rotatable bonds is 50. The zero-order chi connectivity index (χ0) is 58.8. The van der Waals surface area contributed by atoms with Crippen LogP contribution in [-0.2, 0) is 23.7 Å². The third-order valence-corrected chi connectivity index (χ3v) is 15.0. The van der Waals surface area contributed by atoms with Gasteiger partial charge >= 0.3 is 0 Å². The van der Waals surface area contributed by atoms with E-state index in [1.54, 1.807) is 6.08 Å². The molecule has 2 saturated heterocycles. The molecule has 12 unspecified atom stereocenters. The molecule has 0 aromatic rings. The summed E-state index contributed by atoms with van der Waals surface area (Å²) in [6.07, 6.45) is 54.5. The summed E-state index contributed by atoms with van der Waals surface area (Å²) in [6, 6.07) is -0.921. The highest BCUT2D eigenvalue weighted by molar-refractivity contribution is 5.76. The molecule has 2 aliphatic heterocycles. The molecule has 1 amide bonds. The number of aliphatic hydroxyl groups is 8. The van der Waals surface area contributed by atoms with Gasteiger partial charge in [0.25, 0.3) is 0 Å². The summed E-state index contributed by atoms with van der Waals surface area (Å²) in [6.45, 7) is 2.67. The summed E-state index contributed by atoms with van der Waals surface area (Å²) in [7, 11) is 0. The molecule has 81 heavy (non-hydrogen) atoms. The van der Waals surface area contributed by atoms with E-state index in [0.29, 0.717) is 6.42 Å². The Labute approximate surface area is 490 Å². The molecule has 0 saturated carbocycles. The molecular formula is C67H115NO13. The standard InChI is InChI=1S/C67H115NO13/c1-3-5-7-9-11-13-15-17-19-20-21-22-23-24-25-26-27-28-29-30-31-32-33-34-35-36-37-39-41-43-45-47-49-51-59(72)68-55(56(71)50-48-46-44-42-40-38-18-16-14-12-10-8-6-4-2)54-78-66-64(77)62(75)65(58(53-70)80-66)81-67-63(76)61(74)60(73)57(52-69)79-67/h5,7,11,13,17,19,21-22,24-25,27-28,30-31,48,50,55-58,60-67,69-71,73-77H,3-4,6,8-10,12,14-16,18,20,23,26,29,32-47,49,51-54H2,1-2H3,(H,68,72)/b7-5-,13-11-,19-17-,22-21-,25-24-,28-27-,31-30-,50-48+. The molecule has 2 heterocycles. The van der Waals surface area contributed by atoms with Crippen LogP contribution in [0.5, 0.6) is 0 Å². The number of aliphatic hydroxyl groups excluding tert-OH is 8. The van der Waals surface area contributed by atoms with Crippen molar-refractivity contribution in [1.82, 2.24) is 5.32 Å². The van der Waals surface area contributed by atoms with Gasteiger partial charge in [-0.1, -0.05) is 239 Å². The Morgan fingerprint density at radius 3 is 1.31 bits per heavy atom. The zero-order valence-electron chi connectivity index (χ0n) is 50.2. The van der Waals surface area contributed by atoms with Gasteiger partial charge in [0.1, 0.15) is 48.8 Å². The maximum absolute atomic E-state index is 13.3. The Morgan fingerprint density at radius 2 is 0.852 bits per heavy atom. The SMILES string of the molecule is CC/C=C\C/C=C\C/C=C\C/C=C\C/C=C\C/C=C\C/C=C\CCCCCCCCCCCCCC(=O)NC(COC1OC(CO)C(OC2OC(CO)C(O)C(O)C2O)C(O)C1O)C(O)/C=C/CCCCCCCCCCCCCC. The lowest BCUT2D eigenvalue weighted by molar-refractivity contribution is -0.359. The lowest BCUT2D eigenvalue weighted by Gasteiger charge is -2.46. The molecule has 12 atom stereocenters. The van der Waals surface area contributed by atoms with E-state index in [1.165, 1.54) is 109 Å². The van der Waals surface area contributed by atoms with E-state index in [9.17, 15) is 45.6 Å². The van der Waals surface area contributed by atoms with Gasteiger partial charge < -0.3 is 65.1 Å². The molecule has 0 radical (unpaired) electrons. The third-order valence-electron chi connectivity index (χ3n) is 15.0. The van der Waals surface area contributed by atoms with Crippen LogP contribution in [0.1, 0.15) is 226 Å². The van der Waals surface area contributed by atoms with Gasteiger partial charge in [-0.2, -0.15) is 0 Å². The number of hydrogen-bond acceptors (Lipinski definition) is 13. The van der Waals surface area contributed by atoms with Crippen LogP contribution in [0, 0.1) is 0 Å². The molecule has 14 nitrogen and oxygen atoms in total. The molecule has 0 spiro atoms. The second-order valence-electron chi connectivity index (χ2n) is 22.2. The molecular weight excluding hydrogens is 1030 g/mol. The number of unbranched alkanes of at least 4 members (excludes halogenated alkanes) is 23. The fraction of sp³-hybridized carbons (Fsp3) is 0.746. The van der Waals surface area contributed by atoms with Gasteiger partial charge in [-0.15, -0.1) is 0 Å². The first-order valence-corrected chi connectivity index (χ1v) is 32.0. The second-order valence-corrected chi connectivity index (χ2v) is 22.2. The number of ether oxygens (including phenoxy) is 4. The highest BCUT2D eigenvalue weighted by atomic mass is 16.7. The van der Waals surface area contributed by atoms with E-state index >= 15 is 0 Å². The molecule has 2 aliphatic rings. The van der Waals surface area contributed by atoms with E-state index in [1.807, 2.05) is 6.08 Å². The summed E-state index contributed by atoms with van der Waals surface area (Å²) < 4.78 is 22.8. The normalized spacial score (nSPS) is 24.8. The number of hydrogen-bond donors (Lipinski definition) is 9. The Kier molecular flexibility index (Phi) is 46.9. The van der Waals surface area contributed by atoms with Gasteiger partial charge in [0.05, 0.1) is 32.0 Å². The van der Waals surface area contributed by atoms with Crippen molar-refractivity contribution in [3.05, 3.63) is 97.2 Å². The first kappa shape index (κ1) is 74.0. The van der Waals surface area contributed by atoms with Crippen LogP contribution < -0.4 is 5.32 Å². The van der Waals surface area contributed by atoms with Crippen LogP contribution in [0.25, 0.3) is 0 Å². The first-order chi connectivity index (χ1) is 39.6. The summed E-state index contributed by atoms with van der Waals surface area (Å²) >= 11 is 0. The van der Waals surface area contributed by atoms with Crippen LogP contribution in [0.15, 0.2) is 97.2 Å². The third kappa shape index (κ3) is 36.4. The van der Waals surface area contributed by atoms with Gasteiger partial charge in [0.2, 0.25) is 5.91 Å². The molecule has 2 rings (SSSR count). The minimum atomic E-state index is -1.79. The van der Waals surface area contributed by atoms with Gasteiger partial charge in [-0.25, -0.2) is 0 Å². The Morgan fingerprint density at radius 1 is 0.457 bits per heavy atom. The number of carbonyl (C=O) groups excluding carboxylic acids is 1. The number of amides is 1. The first-order valence-electron chi connectivity index (χ1n) is 32.0. The molecule has 14 heteroatoms. The van der Waals surface area contributed by atoms with Crippen molar-refractivity contribution in [2.75, 3.05) is 19.8 Å². The largest absolute Gasteiger partial charge is 0.394 e. The predicted octanol–water partition coefficient (Wildman–Crippen LogP) is 11.8. The fourth-order valence-electron chi connectivity index (χ4n) is 9.92. The zero-order valence-corrected chi connectivity index (χ0v) is 50.2. The summed E-state index contributed by atoms with van der Waals surface area (Å²) in [5.41, 5.74) is 0.